The van der Waals surface area contributed by atoms with E-state index in [4.69, 9.17) is 21.5 Å². The van der Waals surface area contributed by atoms with E-state index in [-0.39, 0.29) is 11.8 Å². The first-order valence-corrected chi connectivity index (χ1v) is 30.7. The van der Waals surface area contributed by atoms with Crippen molar-refractivity contribution in [1.82, 2.24) is 24.1 Å². The Balaban J connectivity index is 0.921. The van der Waals surface area contributed by atoms with Crippen LogP contribution >= 0.6 is 0 Å². The van der Waals surface area contributed by atoms with E-state index < -0.39 is 11.3 Å². The molecule has 3 heterocycles. The maximum atomic E-state index is 11.3. The highest BCUT2D eigenvalue weighted by atomic mass is 15.1. The standard InChI is InChI=1S/C83H63N7/c1-6-69(53-85)83(5,56(4)89-75-42-37-64(58-22-12-7-13-23-58)47-71(75)72-48-65(38-43-76(72)89)59-24-14-8-15-25-59)55(3)54(2)46-80-86-81(63-30-20-11-21-31-63)88-82(87-80)70-41-36-68(62-34-32-57(52-84)33-35-62)51-79(70)90-77-44-39-66(60-26-16-9-17-27-60)49-73(77)74-50-67(40-45-78(74)90)61-28-18-10-19-29-61/h6-45,47-51,54-55,69H,1,4,46H2,2-3,5H3/t54-,55+,69?,83-/m1/s1. The molecule has 0 amide bonds. The molecule has 1 unspecified atom stereocenters. The summed E-state index contributed by atoms with van der Waals surface area (Å²) in [5.74, 6) is 0.822. The van der Waals surface area contributed by atoms with Gasteiger partial charge in [0, 0.05) is 50.2 Å². The Bertz CT molecular complexity index is 4940. The van der Waals surface area contributed by atoms with E-state index in [9.17, 15) is 10.5 Å². The molecule has 0 N–H and O–H groups in total. The smallest absolute Gasteiger partial charge is 0.165 e. The molecule has 11 aromatic carbocycles. The summed E-state index contributed by atoms with van der Waals surface area (Å²) in [6.45, 7) is 16.0. The predicted molar refractivity (Wildman–Crippen MR) is 371 cm³/mol. The molecule has 0 bridgehead atoms. The van der Waals surface area contributed by atoms with Crippen molar-refractivity contribution in [1.29, 1.82) is 10.5 Å². The fraction of sp³-hybridized carbons (Fsp3) is 0.0964. The molecule has 0 aliphatic rings. The fourth-order valence-electron chi connectivity index (χ4n) is 13.5. The number of nitriles is 2. The van der Waals surface area contributed by atoms with Gasteiger partial charge < -0.3 is 9.13 Å². The number of fused-ring (bicyclic) bond motifs is 6. The number of hydrogen-bond donors (Lipinski definition) is 0. The summed E-state index contributed by atoms with van der Waals surface area (Å²) in [7, 11) is 0. The highest BCUT2D eigenvalue weighted by molar-refractivity contribution is 6.14. The van der Waals surface area contributed by atoms with E-state index in [1.54, 1.807) is 6.08 Å². The maximum Gasteiger partial charge on any atom is 0.165 e. The molecule has 90 heavy (non-hydrogen) atoms. The Kier molecular flexibility index (Phi) is 14.8. The van der Waals surface area contributed by atoms with Crippen LogP contribution in [0, 0.1) is 45.8 Å². The van der Waals surface area contributed by atoms with Crippen LogP contribution in [-0.2, 0) is 6.42 Å². The topological polar surface area (TPSA) is 96.1 Å². The Morgan fingerprint density at radius 1 is 0.456 bits per heavy atom. The first-order valence-electron chi connectivity index (χ1n) is 30.7. The van der Waals surface area contributed by atoms with Crippen molar-refractivity contribution in [3.63, 3.8) is 0 Å². The molecule has 7 heteroatoms. The maximum absolute atomic E-state index is 11.3. The number of allylic oxidation sites excluding steroid dienone is 2. The van der Waals surface area contributed by atoms with Crippen molar-refractivity contribution in [2.24, 2.45) is 23.2 Å². The first-order chi connectivity index (χ1) is 44.1. The van der Waals surface area contributed by atoms with Gasteiger partial charge in [-0.2, -0.15) is 10.5 Å². The van der Waals surface area contributed by atoms with Gasteiger partial charge in [-0.3, -0.25) is 0 Å². The zero-order chi connectivity index (χ0) is 61.5. The van der Waals surface area contributed by atoms with Crippen LogP contribution in [0.2, 0.25) is 0 Å². The lowest BCUT2D eigenvalue weighted by Crippen LogP contribution is -2.39. The number of rotatable bonds is 16. The van der Waals surface area contributed by atoms with E-state index in [1.165, 1.54) is 0 Å². The van der Waals surface area contributed by atoms with Gasteiger partial charge in [0.15, 0.2) is 11.6 Å². The van der Waals surface area contributed by atoms with Crippen molar-refractivity contribution in [3.05, 3.63) is 298 Å². The van der Waals surface area contributed by atoms with Crippen molar-refractivity contribution in [2.75, 3.05) is 0 Å². The molecule has 7 nitrogen and oxygen atoms in total. The molecule has 3 aromatic heterocycles. The van der Waals surface area contributed by atoms with Crippen LogP contribution in [0.5, 0.6) is 0 Å². The third-order valence-electron chi connectivity index (χ3n) is 18.7. The van der Waals surface area contributed by atoms with Gasteiger partial charge >= 0.3 is 0 Å². The second kappa shape index (κ2) is 23.6. The molecule has 0 saturated carbocycles. The fourth-order valence-corrected chi connectivity index (χ4v) is 13.5. The van der Waals surface area contributed by atoms with E-state index in [1.807, 2.05) is 66.7 Å². The normalized spacial score (nSPS) is 13.1. The molecule has 14 aromatic rings. The first kappa shape index (κ1) is 56.3. The molecule has 0 radical (unpaired) electrons. The molecular formula is C83H63N7. The van der Waals surface area contributed by atoms with Crippen molar-refractivity contribution >= 4 is 49.3 Å². The van der Waals surface area contributed by atoms with Crippen molar-refractivity contribution < 1.29 is 0 Å². The van der Waals surface area contributed by atoms with Gasteiger partial charge in [0.2, 0.25) is 0 Å². The molecule has 0 fully saturated rings. The molecule has 430 valence electrons. The minimum atomic E-state index is -0.852. The van der Waals surface area contributed by atoms with Crippen LogP contribution < -0.4 is 0 Å². The molecule has 0 aliphatic heterocycles. The van der Waals surface area contributed by atoms with Gasteiger partial charge in [0.05, 0.1) is 51.4 Å². The van der Waals surface area contributed by atoms with Crippen LogP contribution in [-0.4, -0.2) is 24.1 Å². The van der Waals surface area contributed by atoms with E-state index in [0.29, 0.717) is 29.5 Å². The van der Waals surface area contributed by atoms with Crippen LogP contribution in [0.4, 0.5) is 0 Å². The van der Waals surface area contributed by atoms with Gasteiger partial charge in [0.1, 0.15) is 5.82 Å². The van der Waals surface area contributed by atoms with E-state index >= 15 is 0 Å². The summed E-state index contributed by atoms with van der Waals surface area (Å²) in [6, 6.07) is 98.4. The zero-order valence-electron chi connectivity index (χ0n) is 50.5. The molecule has 0 spiro atoms. The average molecular weight is 1160 g/mol. The largest absolute Gasteiger partial charge is 0.313 e. The second-order valence-corrected chi connectivity index (χ2v) is 23.8. The Hall–Kier alpha value is -11.5. The third-order valence-corrected chi connectivity index (χ3v) is 18.7. The summed E-state index contributed by atoms with van der Waals surface area (Å²) < 4.78 is 4.66. The Morgan fingerprint density at radius 3 is 1.27 bits per heavy atom. The molecule has 0 saturated heterocycles. The monoisotopic (exact) mass is 1160 g/mol. The number of aromatic nitrogens is 5. The quantitative estimate of drug-likeness (QED) is 0.0898. The summed E-state index contributed by atoms with van der Waals surface area (Å²) >= 11 is 0. The van der Waals surface area contributed by atoms with Gasteiger partial charge in [-0.1, -0.05) is 228 Å². The molecular weight excluding hydrogens is 1090 g/mol. The van der Waals surface area contributed by atoms with Crippen LogP contribution in [0.1, 0.15) is 32.2 Å². The van der Waals surface area contributed by atoms with E-state index in [0.717, 1.165) is 122 Å². The summed E-state index contributed by atoms with van der Waals surface area (Å²) in [4.78, 5) is 16.3. The summed E-state index contributed by atoms with van der Waals surface area (Å²) in [5, 5.41) is 25.5. The third kappa shape index (κ3) is 10.1. The van der Waals surface area contributed by atoms with Gasteiger partial charge in [0.25, 0.3) is 0 Å². The second-order valence-electron chi connectivity index (χ2n) is 23.8. The number of nitrogens with zero attached hydrogens (tertiary/aromatic N) is 7. The van der Waals surface area contributed by atoms with Crippen molar-refractivity contribution in [3.8, 4) is 96.2 Å². The highest BCUT2D eigenvalue weighted by Gasteiger charge is 2.45. The van der Waals surface area contributed by atoms with Crippen LogP contribution in [0.25, 0.3) is 133 Å². The molecule has 4 atom stereocenters. The lowest BCUT2D eigenvalue weighted by Gasteiger charge is -2.43. The Labute approximate surface area is 525 Å². The van der Waals surface area contributed by atoms with Gasteiger partial charge in [-0.05, 0) is 140 Å². The lowest BCUT2D eigenvalue weighted by molar-refractivity contribution is 0.174. The van der Waals surface area contributed by atoms with Crippen LogP contribution in [0.15, 0.2) is 286 Å². The SMILES string of the molecule is C=CC(C#N)[C@@](C)(C(=C)n1c2ccc(-c3ccccc3)cc2c2cc(-c3ccccc3)ccc21)[C@@H](C)[C@H](C)Cc1nc(-c2ccccc2)nc(-c2ccc(-c3ccc(C#N)cc3)cc2-n2c3ccc(-c4ccccc4)cc3c3cc(-c4ccccc4)ccc32)n1. The number of benzene rings is 11. The van der Waals surface area contributed by atoms with Crippen molar-refractivity contribution in [2.45, 2.75) is 27.2 Å². The van der Waals surface area contributed by atoms with Gasteiger partial charge in [-0.25, -0.2) is 15.0 Å². The zero-order valence-corrected chi connectivity index (χ0v) is 50.5. The predicted octanol–water partition coefficient (Wildman–Crippen LogP) is 20.9. The molecule has 0 aliphatic carbocycles. The molecule has 14 rings (SSSR count). The Morgan fingerprint density at radius 2 is 0.833 bits per heavy atom. The summed E-state index contributed by atoms with van der Waals surface area (Å²) in [5.41, 5.74) is 18.2. The van der Waals surface area contributed by atoms with Crippen LogP contribution in [0.3, 0.4) is 0 Å². The average Bonchev–Trinajstić information content (AvgIpc) is 1.56. The minimum absolute atomic E-state index is 0.0999. The minimum Gasteiger partial charge on any atom is -0.313 e. The highest BCUT2D eigenvalue weighted by Crippen LogP contribution is 2.51. The van der Waals surface area contributed by atoms with Gasteiger partial charge in [-0.15, -0.1) is 6.58 Å². The lowest BCUT2D eigenvalue weighted by atomic mass is 9.62. The van der Waals surface area contributed by atoms with E-state index in [2.05, 4.69) is 249 Å². The number of hydrogen-bond acceptors (Lipinski definition) is 5. The summed E-state index contributed by atoms with van der Waals surface area (Å²) in [6.07, 6.45) is 2.25.